The second-order valence-electron chi connectivity index (χ2n) is 5.20. The van der Waals surface area contributed by atoms with Crippen LogP contribution in [0.1, 0.15) is 11.1 Å². The van der Waals surface area contributed by atoms with Crippen molar-refractivity contribution in [3.63, 3.8) is 0 Å². The first-order valence-electron chi connectivity index (χ1n) is 6.77. The Bertz CT molecular complexity index is 787. The molecule has 3 aromatic rings. The molecule has 0 atom stereocenters. The molecule has 106 valence electrons. The zero-order valence-electron chi connectivity index (χ0n) is 12.0. The highest BCUT2D eigenvalue weighted by Gasteiger charge is 2.11. The zero-order chi connectivity index (χ0) is 15.0. The largest absolute Gasteiger partial charge is 0.399 e. The van der Waals surface area contributed by atoms with Gasteiger partial charge in [-0.2, -0.15) is 0 Å². The van der Waals surface area contributed by atoms with Crippen molar-refractivity contribution in [3.05, 3.63) is 65.5 Å². The maximum absolute atomic E-state index is 13.1. The Balaban J connectivity index is 2.09. The standard InChI is InChI=1S/C18H16FNS/c1-11-3-8-15(20)10-16(11)17-9-12(2)18(21-17)13-4-6-14(19)7-5-13/h3-10H,20H2,1-2H3. The second kappa shape index (κ2) is 5.34. The van der Waals surface area contributed by atoms with E-state index in [0.29, 0.717) is 0 Å². The van der Waals surface area contributed by atoms with Gasteiger partial charge in [-0.3, -0.25) is 0 Å². The van der Waals surface area contributed by atoms with E-state index in [4.69, 9.17) is 5.73 Å². The van der Waals surface area contributed by atoms with Crippen LogP contribution in [0.15, 0.2) is 48.5 Å². The van der Waals surface area contributed by atoms with Gasteiger partial charge in [0.25, 0.3) is 0 Å². The van der Waals surface area contributed by atoms with Crippen molar-refractivity contribution in [2.75, 3.05) is 5.73 Å². The summed E-state index contributed by atoms with van der Waals surface area (Å²) in [6.07, 6.45) is 0. The topological polar surface area (TPSA) is 26.0 Å². The molecule has 0 aliphatic carbocycles. The first-order valence-corrected chi connectivity index (χ1v) is 7.59. The summed E-state index contributed by atoms with van der Waals surface area (Å²) in [4.78, 5) is 2.36. The molecule has 21 heavy (non-hydrogen) atoms. The number of nitrogen functional groups attached to an aromatic ring is 1. The molecule has 2 N–H and O–H groups in total. The molecule has 1 nitrogen and oxygen atoms in total. The summed E-state index contributed by atoms with van der Waals surface area (Å²) in [6, 6.07) is 14.8. The molecule has 0 saturated heterocycles. The van der Waals surface area contributed by atoms with Crippen LogP contribution < -0.4 is 5.73 Å². The van der Waals surface area contributed by atoms with E-state index in [1.54, 1.807) is 11.3 Å². The van der Waals surface area contributed by atoms with Crippen molar-refractivity contribution < 1.29 is 4.39 Å². The summed E-state index contributed by atoms with van der Waals surface area (Å²) in [6.45, 7) is 4.17. The molecule has 0 aliphatic rings. The SMILES string of the molecule is Cc1ccc(N)cc1-c1cc(C)c(-c2ccc(F)cc2)s1. The molecule has 0 bridgehead atoms. The molecule has 0 saturated carbocycles. The number of nitrogens with two attached hydrogens (primary N) is 1. The van der Waals surface area contributed by atoms with E-state index >= 15 is 0 Å². The Labute approximate surface area is 127 Å². The predicted octanol–water partition coefficient (Wildman–Crippen LogP) is 5.42. The van der Waals surface area contributed by atoms with Gasteiger partial charge in [0, 0.05) is 15.4 Å². The van der Waals surface area contributed by atoms with Crippen molar-refractivity contribution >= 4 is 17.0 Å². The molecular weight excluding hydrogens is 281 g/mol. The number of rotatable bonds is 2. The van der Waals surface area contributed by atoms with Crippen LogP contribution in [0.4, 0.5) is 10.1 Å². The quantitative estimate of drug-likeness (QED) is 0.628. The number of aryl methyl sites for hydroxylation is 2. The van der Waals surface area contributed by atoms with E-state index < -0.39 is 0 Å². The summed E-state index contributed by atoms with van der Waals surface area (Å²) in [5, 5.41) is 0. The normalized spacial score (nSPS) is 10.8. The molecule has 3 rings (SSSR count). The van der Waals surface area contributed by atoms with Gasteiger partial charge in [0.15, 0.2) is 0 Å². The minimum Gasteiger partial charge on any atom is -0.399 e. The van der Waals surface area contributed by atoms with Gasteiger partial charge in [-0.25, -0.2) is 4.39 Å². The summed E-state index contributed by atoms with van der Waals surface area (Å²) >= 11 is 1.72. The number of thiophene rings is 1. The van der Waals surface area contributed by atoms with Crippen LogP contribution in [0.3, 0.4) is 0 Å². The zero-order valence-corrected chi connectivity index (χ0v) is 12.8. The van der Waals surface area contributed by atoms with Gasteiger partial charge >= 0.3 is 0 Å². The van der Waals surface area contributed by atoms with Crippen molar-refractivity contribution in [2.24, 2.45) is 0 Å². The molecule has 0 fully saturated rings. The van der Waals surface area contributed by atoms with E-state index in [1.807, 2.05) is 30.3 Å². The Kier molecular flexibility index (Phi) is 3.52. The third-order valence-electron chi connectivity index (χ3n) is 3.55. The average Bonchev–Trinajstić information content (AvgIpc) is 2.84. The lowest BCUT2D eigenvalue weighted by Crippen LogP contribution is -1.87. The van der Waals surface area contributed by atoms with Gasteiger partial charge in [0.1, 0.15) is 5.82 Å². The fraction of sp³-hybridized carbons (Fsp3) is 0.111. The molecule has 1 aromatic heterocycles. The maximum atomic E-state index is 13.1. The lowest BCUT2D eigenvalue weighted by molar-refractivity contribution is 0.628. The highest BCUT2D eigenvalue weighted by Crippen LogP contribution is 2.39. The van der Waals surface area contributed by atoms with Crippen LogP contribution in [0, 0.1) is 19.7 Å². The second-order valence-corrected chi connectivity index (χ2v) is 6.26. The van der Waals surface area contributed by atoms with Gasteiger partial charge in [0.2, 0.25) is 0 Å². The number of benzene rings is 2. The van der Waals surface area contributed by atoms with Crippen LogP contribution in [-0.4, -0.2) is 0 Å². The molecule has 2 aromatic carbocycles. The van der Waals surface area contributed by atoms with Gasteiger partial charge in [-0.05, 0) is 66.4 Å². The van der Waals surface area contributed by atoms with Crippen LogP contribution in [0.5, 0.6) is 0 Å². The highest BCUT2D eigenvalue weighted by molar-refractivity contribution is 7.19. The first kappa shape index (κ1) is 13.8. The predicted molar refractivity (Wildman–Crippen MR) is 89.0 cm³/mol. The smallest absolute Gasteiger partial charge is 0.123 e. The third-order valence-corrected chi connectivity index (χ3v) is 4.87. The van der Waals surface area contributed by atoms with Crippen molar-refractivity contribution in [1.29, 1.82) is 0 Å². The molecule has 0 aliphatic heterocycles. The average molecular weight is 297 g/mol. The monoisotopic (exact) mass is 297 g/mol. The number of hydrogen-bond acceptors (Lipinski definition) is 2. The number of hydrogen-bond donors (Lipinski definition) is 1. The van der Waals surface area contributed by atoms with Gasteiger partial charge in [0.05, 0.1) is 0 Å². The molecule has 1 heterocycles. The van der Waals surface area contributed by atoms with E-state index in [0.717, 1.165) is 16.8 Å². The van der Waals surface area contributed by atoms with Crippen molar-refractivity contribution in [1.82, 2.24) is 0 Å². The minimum absolute atomic E-state index is 0.208. The van der Waals surface area contributed by atoms with Gasteiger partial charge in [-0.1, -0.05) is 18.2 Å². The minimum atomic E-state index is -0.208. The summed E-state index contributed by atoms with van der Waals surface area (Å²) in [5.41, 5.74) is 11.3. The molecular formula is C18H16FNS. The molecule has 0 radical (unpaired) electrons. The third kappa shape index (κ3) is 2.69. The Morgan fingerprint density at radius 3 is 2.33 bits per heavy atom. The Hall–Kier alpha value is -2.13. The lowest BCUT2D eigenvalue weighted by Gasteiger charge is -2.04. The van der Waals surface area contributed by atoms with Crippen molar-refractivity contribution in [2.45, 2.75) is 13.8 Å². The number of halogens is 1. The number of anilines is 1. The molecule has 3 heteroatoms. The van der Waals surface area contributed by atoms with Gasteiger partial charge < -0.3 is 5.73 Å². The highest BCUT2D eigenvalue weighted by atomic mass is 32.1. The summed E-state index contributed by atoms with van der Waals surface area (Å²) < 4.78 is 13.1. The fourth-order valence-electron chi connectivity index (χ4n) is 2.41. The van der Waals surface area contributed by atoms with E-state index in [1.165, 1.54) is 33.0 Å². The van der Waals surface area contributed by atoms with Crippen LogP contribution >= 0.6 is 11.3 Å². The fourth-order valence-corrected chi connectivity index (χ4v) is 3.67. The summed E-state index contributed by atoms with van der Waals surface area (Å²) in [5.74, 6) is -0.208. The Morgan fingerprint density at radius 1 is 0.905 bits per heavy atom. The van der Waals surface area contributed by atoms with E-state index in [2.05, 4.69) is 19.9 Å². The van der Waals surface area contributed by atoms with Crippen LogP contribution in [0.25, 0.3) is 20.9 Å². The lowest BCUT2D eigenvalue weighted by atomic mass is 10.1. The molecule has 0 spiro atoms. The van der Waals surface area contributed by atoms with Gasteiger partial charge in [-0.15, -0.1) is 11.3 Å². The van der Waals surface area contributed by atoms with Crippen molar-refractivity contribution in [3.8, 4) is 20.9 Å². The maximum Gasteiger partial charge on any atom is 0.123 e. The van der Waals surface area contributed by atoms with Crippen LogP contribution in [-0.2, 0) is 0 Å². The molecule has 0 amide bonds. The first-order chi connectivity index (χ1) is 10.0. The summed E-state index contributed by atoms with van der Waals surface area (Å²) in [7, 11) is 0. The molecule has 0 unspecified atom stereocenters. The Morgan fingerprint density at radius 2 is 1.62 bits per heavy atom. The van der Waals surface area contributed by atoms with E-state index in [9.17, 15) is 4.39 Å². The van der Waals surface area contributed by atoms with E-state index in [-0.39, 0.29) is 5.82 Å². The van der Waals surface area contributed by atoms with Crippen LogP contribution in [0.2, 0.25) is 0 Å².